The Labute approximate surface area is 112 Å². The van der Waals surface area contributed by atoms with Crippen LogP contribution in [0.25, 0.3) is 0 Å². The van der Waals surface area contributed by atoms with Gasteiger partial charge in [-0.2, -0.15) is 10.1 Å². The highest BCUT2D eigenvalue weighted by Gasteiger charge is 2.08. The fraction of sp³-hybridized carbons (Fsp3) is 0.200. The molecule has 0 aliphatic heterocycles. The molecule has 2 aromatic rings. The smallest absolute Gasteiger partial charge is 0.264 e. The Morgan fingerprint density at radius 3 is 2.94 bits per heavy atom. The molecule has 0 radical (unpaired) electrons. The molecule has 1 N–H and O–H groups in total. The fourth-order valence-electron chi connectivity index (χ4n) is 1.22. The highest BCUT2D eigenvalue weighted by Crippen LogP contribution is 2.27. The van der Waals surface area contributed by atoms with E-state index in [1.807, 2.05) is 0 Å². The van der Waals surface area contributed by atoms with Crippen LogP contribution in [0, 0.1) is 5.53 Å². The molecule has 0 unspecified atom stereocenters. The largest absolute Gasteiger partial charge is 0.482 e. The molecule has 0 bridgehead atoms. The molecule has 18 heavy (non-hydrogen) atoms. The summed E-state index contributed by atoms with van der Waals surface area (Å²) in [5.74, 6) is 1.11. The summed E-state index contributed by atoms with van der Waals surface area (Å²) in [4.78, 5) is 3.98. The Kier molecular flexibility index (Phi) is 4.11. The zero-order valence-electron chi connectivity index (χ0n) is 9.06. The molecule has 6 nitrogen and oxygen atoms in total. The van der Waals surface area contributed by atoms with Crippen LogP contribution < -0.4 is 4.74 Å². The number of nitrogens with one attached hydrogen (secondary N) is 1. The Morgan fingerprint density at radius 1 is 1.39 bits per heavy atom. The summed E-state index contributed by atoms with van der Waals surface area (Å²) in [5, 5.41) is 7.71. The Balaban J connectivity index is 1.99. The number of rotatable bonds is 5. The van der Waals surface area contributed by atoms with Gasteiger partial charge in [-0.15, -0.1) is 0 Å². The van der Waals surface area contributed by atoms with E-state index in [0.717, 1.165) is 0 Å². The average molecular weight is 287 g/mol. The molecule has 1 aromatic heterocycles. The van der Waals surface area contributed by atoms with Crippen LogP contribution >= 0.6 is 23.2 Å². The van der Waals surface area contributed by atoms with Gasteiger partial charge in [0.2, 0.25) is 0 Å². The number of hydrogen-bond donors (Lipinski definition) is 1. The number of halogens is 2. The lowest BCUT2D eigenvalue weighted by atomic mass is 10.3. The first-order valence-corrected chi connectivity index (χ1v) is 5.67. The first kappa shape index (κ1) is 12.8. The van der Waals surface area contributed by atoms with Gasteiger partial charge in [-0.3, -0.25) is 0 Å². The minimum Gasteiger partial charge on any atom is -0.482 e. The fourth-order valence-corrected chi connectivity index (χ4v) is 1.68. The number of hydrogen-bond acceptors (Lipinski definition) is 6. The molecule has 0 atom stereocenters. The second-order valence-corrected chi connectivity index (χ2v) is 4.13. The first-order valence-electron chi connectivity index (χ1n) is 4.91. The second kappa shape index (κ2) is 5.79. The van der Waals surface area contributed by atoms with Crippen LogP contribution in [0.1, 0.15) is 11.7 Å². The molecule has 0 aliphatic carbocycles. The van der Waals surface area contributed by atoms with Gasteiger partial charge >= 0.3 is 0 Å². The van der Waals surface area contributed by atoms with Gasteiger partial charge in [0, 0.05) is 5.02 Å². The van der Waals surface area contributed by atoms with Crippen molar-refractivity contribution in [2.75, 3.05) is 0 Å². The molecule has 0 spiro atoms. The van der Waals surface area contributed by atoms with Gasteiger partial charge in [0.05, 0.1) is 5.02 Å². The van der Waals surface area contributed by atoms with E-state index in [2.05, 4.69) is 15.3 Å². The zero-order valence-corrected chi connectivity index (χ0v) is 10.6. The second-order valence-electron chi connectivity index (χ2n) is 3.28. The van der Waals surface area contributed by atoms with E-state index in [1.54, 1.807) is 18.2 Å². The third-order valence-electron chi connectivity index (χ3n) is 1.98. The minimum atomic E-state index is 0.0885. The van der Waals surface area contributed by atoms with Gasteiger partial charge in [0.1, 0.15) is 12.3 Å². The molecule has 2 rings (SSSR count). The van der Waals surface area contributed by atoms with Crippen LogP contribution in [-0.4, -0.2) is 10.1 Å². The summed E-state index contributed by atoms with van der Waals surface area (Å²) < 4.78 is 10.3. The maximum absolute atomic E-state index is 6.68. The van der Waals surface area contributed by atoms with E-state index in [-0.39, 0.29) is 13.2 Å². The van der Waals surface area contributed by atoms with Crippen molar-refractivity contribution < 1.29 is 9.26 Å². The Hall–Kier alpha value is -1.66. The van der Waals surface area contributed by atoms with E-state index < -0.39 is 0 Å². The van der Waals surface area contributed by atoms with Gasteiger partial charge in [0.15, 0.2) is 12.4 Å². The molecule has 1 aromatic carbocycles. The van der Waals surface area contributed by atoms with E-state index in [0.29, 0.717) is 27.5 Å². The van der Waals surface area contributed by atoms with E-state index in [4.69, 9.17) is 38.0 Å². The molecule has 8 heteroatoms. The van der Waals surface area contributed by atoms with Crippen LogP contribution in [0.4, 0.5) is 0 Å². The minimum absolute atomic E-state index is 0.0885. The number of ether oxygens (including phenoxy) is 1. The van der Waals surface area contributed by atoms with Crippen LogP contribution in [0.2, 0.25) is 10.0 Å². The maximum atomic E-state index is 6.68. The molecule has 0 fully saturated rings. The first-order chi connectivity index (χ1) is 8.69. The topological polar surface area (TPSA) is 84.4 Å². The lowest BCUT2D eigenvalue weighted by molar-refractivity contribution is 0.242. The number of aromatic nitrogens is 2. The van der Waals surface area contributed by atoms with Gasteiger partial charge < -0.3 is 9.26 Å². The molecular weight excluding hydrogens is 279 g/mol. The third kappa shape index (κ3) is 3.18. The van der Waals surface area contributed by atoms with E-state index >= 15 is 0 Å². The molecule has 0 saturated carbocycles. The summed E-state index contributed by atoms with van der Waals surface area (Å²) in [5.41, 5.74) is 6.68. The lowest BCUT2D eigenvalue weighted by Gasteiger charge is -2.05. The summed E-state index contributed by atoms with van der Waals surface area (Å²) in [6.07, 6.45) is 0. The highest BCUT2D eigenvalue weighted by molar-refractivity contribution is 6.35. The lowest BCUT2D eigenvalue weighted by Crippen LogP contribution is -1.96. The normalized spacial score (nSPS) is 10.3. The van der Waals surface area contributed by atoms with Crippen LogP contribution in [0.15, 0.2) is 27.8 Å². The molecule has 94 valence electrons. The summed E-state index contributed by atoms with van der Waals surface area (Å²) in [7, 11) is 0. The number of nitrogens with zero attached hydrogens (tertiary/aromatic N) is 3. The van der Waals surface area contributed by atoms with Crippen LogP contribution in [-0.2, 0) is 13.2 Å². The van der Waals surface area contributed by atoms with Crippen molar-refractivity contribution in [3.8, 4) is 5.75 Å². The van der Waals surface area contributed by atoms with Crippen molar-refractivity contribution in [2.24, 2.45) is 5.11 Å². The molecular formula is C10H8Cl2N4O2. The monoisotopic (exact) mass is 286 g/mol. The van der Waals surface area contributed by atoms with E-state index in [9.17, 15) is 0 Å². The maximum Gasteiger partial charge on any atom is 0.264 e. The van der Waals surface area contributed by atoms with Crippen LogP contribution in [0.5, 0.6) is 5.75 Å². The van der Waals surface area contributed by atoms with Crippen molar-refractivity contribution in [1.29, 1.82) is 5.53 Å². The van der Waals surface area contributed by atoms with Crippen molar-refractivity contribution >= 4 is 23.2 Å². The molecule has 0 aliphatic rings. The van der Waals surface area contributed by atoms with Crippen molar-refractivity contribution in [3.05, 3.63) is 40.0 Å². The van der Waals surface area contributed by atoms with E-state index in [1.165, 1.54) is 0 Å². The van der Waals surface area contributed by atoms with Gasteiger partial charge in [0.25, 0.3) is 5.89 Å². The van der Waals surface area contributed by atoms with Crippen molar-refractivity contribution in [1.82, 2.24) is 10.1 Å². The molecule has 1 heterocycles. The Bertz CT molecular complexity index is 559. The van der Waals surface area contributed by atoms with Gasteiger partial charge in [-0.25, -0.2) is 5.53 Å². The predicted octanol–water partition coefficient (Wildman–Crippen LogP) is 3.49. The number of benzene rings is 1. The SMILES string of the molecule is N=NCc1noc(COc2ccc(Cl)cc2Cl)n1. The summed E-state index contributed by atoms with van der Waals surface area (Å²) in [6, 6.07) is 4.90. The van der Waals surface area contributed by atoms with Gasteiger partial charge in [-0.1, -0.05) is 28.4 Å². The highest BCUT2D eigenvalue weighted by atomic mass is 35.5. The van der Waals surface area contributed by atoms with Crippen LogP contribution in [0.3, 0.4) is 0 Å². The quantitative estimate of drug-likeness (QED) is 0.853. The van der Waals surface area contributed by atoms with Gasteiger partial charge in [-0.05, 0) is 18.2 Å². The van der Waals surface area contributed by atoms with Crippen molar-refractivity contribution in [2.45, 2.75) is 13.2 Å². The molecule has 0 amide bonds. The van der Waals surface area contributed by atoms with Crippen molar-refractivity contribution in [3.63, 3.8) is 0 Å². The Morgan fingerprint density at radius 2 is 2.22 bits per heavy atom. The summed E-state index contributed by atoms with van der Waals surface area (Å²) >= 11 is 11.7. The zero-order chi connectivity index (χ0) is 13.0. The molecule has 0 saturated heterocycles. The summed E-state index contributed by atoms with van der Waals surface area (Å²) in [6.45, 7) is 0.178. The third-order valence-corrected chi connectivity index (χ3v) is 2.51. The standard InChI is InChI=1S/C10H8Cl2N4O2/c11-6-1-2-8(7(12)3-6)17-5-10-15-9(4-14-13)16-18-10/h1-3,13H,4-5H2. The average Bonchev–Trinajstić information content (AvgIpc) is 2.76. The predicted molar refractivity (Wildman–Crippen MR) is 63.9 cm³/mol.